The highest BCUT2D eigenvalue weighted by Crippen LogP contribution is 2.28. The van der Waals surface area contributed by atoms with Crippen LogP contribution >= 0.6 is 0 Å². The van der Waals surface area contributed by atoms with Gasteiger partial charge in [0.25, 0.3) is 0 Å². The largest absolute Gasteiger partial charge is 0.466 e. The van der Waals surface area contributed by atoms with Gasteiger partial charge in [0.1, 0.15) is 5.75 Å². The van der Waals surface area contributed by atoms with Crippen molar-refractivity contribution in [2.24, 2.45) is 0 Å². The summed E-state index contributed by atoms with van der Waals surface area (Å²) < 4.78 is 11.8. The summed E-state index contributed by atoms with van der Waals surface area (Å²) in [6.45, 7) is 6.44. The van der Waals surface area contributed by atoms with Crippen LogP contribution in [0.15, 0.2) is 24.3 Å². The molecule has 1 aliphatic rings. The van der Waals surface area contributed by atoms with Crippen LogP contribution < -0.4 is 9.92 Å². The average Bonchev–Trinajstić information content (AvgIpc) is 2.27. The first-order valence-electron chi connectivity index (χ1n) is 5.66. The molecule has 0 bridgehead atoms. The highest BCUT2D eigenvalue weighted by Gasteiger charge is 2.41. The Balaban J connectivity index is 2.50. The Morgan fingerprint density at radius 3 is 2.53 bits per heavy atom. The second-order valence-corrected chi connectivity index (χ2v) is 8.18. The van der Waals surface area contributed by atoms with E-state index in [1.807, 2.05) is 13.0 Å². The third-order valence-corrected chi connectivity index (χ3v) is 7.67. The Bertz CT molecular complexity index is 347. The summed E-state index contributed by atoms with van der Waals surface area (Å²) >= 11 is 0. The van der Waals surface area contributed by atoms with E-state index in [4.69, 9.17) is 9.16 Å². The van der Waals surface area contributed by atoms with Gasteiger partial charge in [-0.2, -0.15) is 0 Å². The van der Waals surface area contributed by atoms with Gasteiger partial charge in [0.15, 0.2) is 6.29 Å². The molecule has 0 N–H and O–H groups in total. The second kappa shape index (κ2) is 3.98. The molecule has 1 aromatic carbocycles. The number of ether oxygens (including phenoxy) is 1. The quantitative estimate of drug-likeness (QED) is 0.716. The van der Waals surface area contributed by atoms with Crippen LogP contribution in [-0.2, 0) is 4.43 Å². The van der Waals surface area contributed by atoms with Crippen LogP contribution in [0.2, 0.25) is 12.1 Å². The maximum atomic E-state index is 6.12. The Kier molecular flexibility index (Phi) is 2.84. The minimum Gasteiger partial charge on any atom is -0.466 e. The Hall–Kier alpha value is -0.803. The van der Waals surface area contributed by atoms with Crippen molar-refractivity contribution in [3.63, 3.8) is 0 Å². The van der Waals surface area contributed by atoms with Crippen LogP contribution in [0, 0.1) is 0 Å². The molecule has 2 rings (SSSR count). The van der Waals surface area contributed by atoms with Gasteiger partial charge in [-0.1, -0.05) is 32.0 Å². The minimum atomic E-state index is -1.74. The van der Waals surface area contributed by atoms with Gasteiger partial charge in [-0.15, -0.1) is 0 Å². The predicted octanol–water partition coefficient (Wildman–Crippen LogP) is 2.63. The van der Waals surface area contributed by atoms with Crippen molar-refractivity contribution in [1.82, 2.24) is 0 Å². The van der Waals surface area contributed by atoms with E-state index in [9.17, 15) is 0 Å². The van der Waals surface area contributed by atoms with E-state index in [0.717, 1.165) is 17.8 Å². The Morgan fingerprint density at radius 1 is 1.20 bits per heavy atom. The molecule has 1 aliphatic heterocycles. The number of rotatable bonds is 2. The molecule has 1 heterocycles. The normalized spacial score (nSPS) is 23.0. The fourth-order valence-corrected chi connectivity index (χ4v) is 5.72. The smallest absolute Gasteiger partial charge is 0.232 e. The van der Waals surface area contributed by atoms with E-state index in [2.05, 4.69) is 32.0 Å². The summed E-state index contributed by atoms with van der Waals surface area (Å²) in [4.78, 5) is 0. The van der Waals surface area contributed by atoms with Crippen molar-refractivity contribution in [1.29, 1.82) is 0 Å². The van der Waals surface area contributed by atoms with Crippen molar-refractivity contribution >= 4 is 13.5 Å². The fraction of sp³-hybridized carbons (Fsp3) is 0.500. The number of hydrogen-bond donors (Lipinski definition) is 0. The summed E-state index contributed by atoms with van der Waals surface area (Å²) in [5, 5.41) is 1.33. The van der Waals surface area contributed by atoms with Gasteiger partial charge in [0.2, 0.25) is 8.32 Å². The zero-order valence-corrected chi connectivity index (χ0v) is 10.6. The second-order valence-electron chi connectivity index (χ2n) is 4.00. The van der Waals surface area contributed by atoms with Gasteiger partial charge in [0.05, 0.1) is 0 Å². The molecule has 15 heavy (non-hydrogen) atoms. The highest BCUT2D eigenvalue weighted by molar-refractivity contribution is 6.87. The van der Waals surface area contributed by atoms with Crippen molar-refractivity contribution < 1.29 is 9.16 Å². The van der Waals surface area contributed by atoms with E-state index in [-0.39, 0.29) is 6.29 Å². The first kappa shape index (κ1) is 10.7. The van der Waals surface area contributed by atoms with Crippen molar-refractivity contribution in [2.45, 2.75) is 39.1 Å². The third-order valence-electron chi connectivity index (χ3n) is 3.20. The number of hydrogen-bond acceptors (Lipinski definition) is 2. The standard InChI is InChI=1S/C12H18O2Si/c1-4-15(5-2)12-9-7-6-8-11(12)13-10(3)14-15/h6-10H,4-5H2,1-3H3. The molecule has 0 aliphatic carbocycles. The van der Waals surface area contributed by atoms with Crippen LogP contribution in [-0.4, -0.2) is 14.6 Å². The molecular formula is C12H18O2Si. The van der Waals surface area contributed by atoms with Gasteiger partial charge < -0.3 is 9.16 Å². The maximum absolute atomic E-state index is 6.12. The average molecular weight is 222 g/mol. The lowest BCUT2D eigenvalue weighted by Crippen LogP contribution is -2.56. The van der Waals surface area contributed by atoms with E-state index in [0.29, 0.717) is 0 Å². The van der Waals surface area contributed by atoms with Crippen LogP contribution in [0.3, 0.4) is 0 Å². The highest BCUT2D eigenvalue weighted by atomic mass is 28.4. The first-order chi connectivity index (χ1) is 7.22. The monoisotopic (exact) mass is 222 g/mol. The summed E-state index contributed by atoms with van der Waals surface area (Å²) in [6, 6.07) is 10.6. The topological polar surface area (TPSA) is 18.5 Å². The molecule has 0 radical (unpaired) electrons. The maximum Gasteiger partial charge on any atom is 0.232 e. The molecule has 0 fully saturated rings. The van der Waals surface area contributed by atoms with Gasteiger partial charge >= 0.3 is 0 Å². The van der Waals surface area contributed by atoms with Crippen molar-refractivity contribution in [3.05, 3.63) is 24.3 Å². The van der Waals surface area contributed by atoms with E-state index in [1.54, 1.807) is 0 Å². The van der Waals surface area contributed by atoms with Crippen LogP contribution in [0.4, 0.5) is 0 Å². The van der Waals surface area contributed by atoms with Gasteiger partial charge in [-0.05, 0) is 25.1 Å². The zero-order valence-electron chi connectivity index (χ0n) is 9.62. The van der Waals surface area contributed by atoms with Gasteiger partial charge in [0, 0.05) is 5.19 Å². The number of para-hydroxylation sites is 1. The lowest BCUT2D eigenvalue weighted by molar-refractivity contribution is 0.00708. The summed E-state index contributed by atoms with van der Waals surface area (Å²) in [6.07, 6.45) is -0.0912. The molecule has 0 spiro atoms. The number of benzene rings is 1. The van der Waals surface area contributed by atoms with E-state index in [1.165, 1.54) is 5.19 Å². The van der Waals surface area contributed by atoms with Gasteiger partial charge in [-0.25, -0.2) is 0 Å². The number of fused-ring (bicyclic) bond motifs is 1. The first-order valence-corrected chi connectivity index (χ1v) is 7.98. The lowest BCUT2D eigenvalue weighted by atomic mass is 10.3. The van der Waals surface area contributed by atoms with Crippen LogP contribution in [0.5, 0.6) is 5.75 Å². The molecule has 1 atom stereocenters. The molecule has 0 aromatic heterocycles. The molecule has 0 amide bonds. The van der Waals surface area contributed by atoms with Crippen LogP contribution in [0.1, 0.15) is 20.8 Å². The molecule has 1 unspecified atom stereocenters. The summed E-state index contributed by atoms with van der Waals surface area (Å²) in [5.41, 5.74) is 0. The van der Waals surface area contributed by atoms with Crippen molar-refractivity contribution in [2.75, 3.05) is 0 Å². The van der Waals surface area contributed by atoms with Crippen molar-refractivity contribution in [3.8, 4) is 5.75 Å². The molecule has 0 saturated carbocycles. The molecular weight excluding hydrogens is 204 g/mol. The zero-order chi connectivity index (χ0) is 10.9. The van der Waals surface area contributed by atoms with Crippen LogP contribution in [0.25, 0.3) is 0 Å². The molecule has 3 heteroatoms. The molecule has 1 aromatic rings. The predicted molar refractivity (Wildman–Crippen MR) is 64.0 cm³/mol. The molecule has 0 saturated heterocycles. The van der Waals surface area contributed by atoms with E-state index < -0.39 is 8.32 Å². The summed E-state index contributed by atoms with van der Waals surface area (Å²) in [5.74, 6) is 1.03. The molecule has 82 valence electrons. The van der Waals surface area contributed by atoms with E-state index >= 15 is 0 Å². The Morgan fingerprint density at radius 2 is 1.87 bits per heavy atom. The SMILES string of the molecule is CC[Si]1(CC)OC(C)Oc2ccccc21. The summed E-state index contributed by atoms with van der Waals surface area (Å²) in [7, 11) is -1.74. The minimum absolute atomic E-state index is 0.0912. The Labute approximate surface area is 92.3 Å². The lowest BCUT2D eigenvalue weighted by Gasteiger charge is -2.38. The van der Waals surface area contributed by atoms with Gasteiger partial charge in [-0.3, -0.25) is 0 Å². The third kappa shape index (κ3) is 1.70. The molecule has 2 nitrogen and oxygen atoms in total. The fourth-order valence-electron chi connectivity index (χ4n) is 2.33.